The fourth-order valence-corrected chi connectivity index (χ4v) is 3.03. The van der Waals surface area contributed by atoms with Gasteiger partial charge in [0, 0.05) is 4.88 Å². The van der Waals surface area contributed by atoms with Gasteiger partial charge in [-0.15, -0.1) is 11.3 Å². The summed E-state index contributed by atoms with van der Waals surface area (Å²) in [4.78, 5) is 16.5. The smallest absolute Gasteiger partial charge is 0.347 e. The minimum absolute atomic E-state index is 0.152. The Hall–Kier alpha value is -2.39. The number of halogens is 4. The minimum atomic E-state index is -4.69. The Morgan fingerprint density at radius 1 is 1.24 bits per heavy atom. The van der Waals surface area contributed by atoms with Crippen LogP contribution in [-0.4, -0.2) is 16.0 Å². The second-order valence-corrected chi connectivity index (χ2v) is 6.42. The third-order valence-corrected chi connectivity index (χ3v) is 4.50. The molecule has 1 aromatic carbocycles. The Kier molecular flexibility index (Phi) is 4.78. The number of carbonyl (C=O) groups is 1. The number of thiophene rings is 1. The molecule has 0 spiro atoms. The lowest BCUT2D eigenvalue weighted by atomic mass is 10.2. The van der Waals surface area contributed by atoms with Crippen molar-refractivity contribution in [1.29, 1.82) is 0 Å². The normalized spacial score (nSPS) is 11.5. The molecule has 130 valence electrons. The topological polar surface area (TPSA) is 68.0 Å². The van der Waals surface area contributed by atoms with Crippen molar-refractivity contribution in [2.75, 3.05) is 0 Å². The number of hydrogen-bond acceptors (Lipinski definition) is 5. The van der Waals surface area contributed by atoms with Crippen LogP contribution in [-0.2, 0) is 12.7 Å². The fourth-order valence-electron chi connectivity index (χ4n) is 1.94. The van der Waals surface area contributed by atoms with Crippen molar-refractivity contribution in [1.82, 2.24) is 15.5 Å². The molecule has 0 aliphatic rings. The summed E-state index contributed by atoms with van der Waals surface area (Å²) < 4.78 is 41.6. The highest BCUT2D eigenvalue weighted by molar-refractivity contribution is 7.15. The molecular formula is C15H9ClF3N3O2S. The standard InChI is InChI=1S/C15H9ClF3N3O2S/c16-10-4-2-1-3-9(10)13(23)20-7-8-5-6-11(25-8)12-21-14(24-22-12)15(17,18)19/h1-6H,7H2,(H,20,23). The molecule has 10 heteroatoms. The molecule has 1 amide bonds. The summed E-state index contributed by atoms with van der Waals surface area (Å²) in [5, 5.41) is 6.35. The Morgan fingerprint density at radius 3 is 2.68 bits per heavy atom. The largest absolute Gasteiger partial charge is 0.471 e. The Labute approximate surface area is 148 Å². The Morgan fingerprint density at radius 2 is 2.00 bits per heavy atom. The highest BCUT2D eigenvalue weighted by Crippen LogP contribution is 2.31. The van der Waals surface area contributed by atoms with Crippen LogP contribution in [0.1, 0.15) is 21.1 Å². The quantitative estimate of drug-likeness (QED) is 0.720. The third kappa shape index (κ3) is 3.99. The van der Waals surface area contributed by atoms with Crippen LogP contribution in [0.15, 0.2) is 40.9 Å². The zero-order valence-corrected chi connectivity index (χ0v) is 13.9. The van der Waals surface area contributed by atoms with Crippen LogP contribution < -0.4 is 5.32 Å². The first-order chi connectivity index (χ1) is 11.8. The van der Waals surface area contributed by atoms with Crippen LogP contribution in [0.5, 0.6) is 0 Å². The number of carbonyl (C=O) groups excluding carboxylic acids is 1. The third-order valence-electron chi connectivity index (χ3n) is 3.09. The summed E-state index contributed by atoms with van der Waals surface area (Å²) in [7, 11) is 0. The molecule has 0 radical (unpaired) electrons. The first-order valence-corrected chi connectivity index (χ1v) is 8.07. The zero-order valence-electron chi connectivity index (χ0n) is 12.3. The lowest BCUT2D eigenvalue weighted by molar-refractivity contribution is -0.159. The van der Waals surface area contributed by atoms with Gasteiger partial charge in [-0.3, -0.25) is 4.79 Å². The average molecular weight is 388 g/mol. The maximum atomic E-state index is 12.5. The maximum Gasteiger partial charge on any atom is 0.471 e. The van der Waals surface area contributed by atoms with Crippen molar-refractivity contribution in [2.45, 2.75) is 12.7 Å². The van der Waals surface area contributed by atoms with E-state index in [1.807, 2.05) is 0 Å². The molecule has 25 heavy (non-hydrogen) atoms. The van der Waals surface area contributed by atoms with E-state index in [0.29, 0.717) is 20.3 Å². The van der Waals surface area contributed by atoms with E-state index in [4.69, 9.17) is 11.6 Å². The summed E-state index contributed by atoms with van der Waals surface area (Å²) in [6.45, 7) is 0.193. The molecule has 0 aliphatic heterocycles. The van der Waals surface area contributed by atoms with Gasteiger partial charge in [0.15, 0.2) is 0 Å². The van der Waals surface area contributed by atoms with Gasteiger partial charge in [-0.1, -0.05) is 28.9 Å². The van der Waals surface area contributed by atoms with Crippen molar-refractivity contribution in [3.8, 4) is 10.7 Å². The first kappa shape index (κ1) is 17.4. The van der Waals surface area contributed by atoms with E-state index in [0.717, 1.165) is 11.3 Å². The number of aromatic nitrogens is 2. The van der Waals surface area contributed by atoms with E-state index in [2.05, 4.69) is 20.0 Å². The molecule has 0 atom stereocenters. The number of nitrogens with zero attached hydrogens (tertiary/aromatic N) is 2. The summed E-state index contributed by atoms with van der Waals surface area (Å²) in [5.41, 5.74) is 0.342. The molecule has 2 aromatic heterocycles. The summed E-state index contributed by atoms with van der Waals surface area (Å²) in [6.07, 6.45) is -4.69. The number of alkyl halides is 3. The first-order valence-electron chi connectivity index (χ1n) is 6.87. The summed E-state index contributed by atoms with van der Waals surface area (Å²) in [6, 6.07) is 9.83. The van der Waals surface area contributed by atoms with Crippen LogP contribution in [0.4, 0.5) is 13.2 Å². The van der Waals surface area contributed by atoms with Crippen molar-refractivity contribution in [2.24, 2.45) is 0 Å². The molecular weight excluding hydrogens is 379 g/mol. The second-order valence-electron chi connectivity index (χ2n) is 4.85. The Bertz CT molecular complexity index is 907. The van der Waals surface area contributed by atoms with Gasteiger partial charge in [-0.05, 0) is 24.3 Å². The van der Waals surface area contributed by atoms with Gasteiger partial charge in [-0.2, -0.15) is 18.2 Å². The van der Waals surface area contributed by atoms with Crippen molar-refractivity contribution in [3.05, 3.63) is 57.8 Å². The average Bonchev–Trinajstić information content (AvgIpc) is 3.21. The van der Waals surface area contributed by atoms with Gasteiger partial charge in [0.25, 0.3) is 5.91 Å². The molecule has 3 rings (SSSR count). The van der Waals surface area contributed by atoms with Gasteiger partial charge < -0.3 is 9.84 Å². The molecule has 2 heterocycles. The molecule has 5 nitrogen and oxygen atoms in total. The minimum Gasteiger partial charge on any atom is -0.347 e. The molecule has 0 saturated heterocycles. The molecule has 3 aromatic rings. The van der Waals surface area contributed by atoms with Crippen LogP contribution in [0.3, 0.4) is 0 Å². The van der Waals surface area contributed by atoms with E-state index in [1.54, 1.807) is 36.4 Å². The molecule has 0 saturated carbocycles. The van der Waals surface area contributed by atoms with E-state index in [9.17, 15) is 18.0 Å². The van der Waals surface area contributed by atoms with Crippen LogP contribution in [0, 0.1) is 0 Å². The van der Waals surface area contributed by atoms with Gasteiger partial charge >= 0.3 is 12.1 Å². The SMILES string of the molecule is O=C(NCc1ccc(-c2noc(C(F)(F)F)n2)s1)c1ccccc1Cl. The number of benzene rings is 1. The highest BCUT2D eigenvalue weighted by atomic mass is 35.5. The monoisotopic (exact) mass is 387 g/mol. The van der Waals surface area contributed by atoms with Crippen molar-refractivity contribution in [3.63, 3.8) is 0 Å². The molecule has 0 aliphatic carbocycles. The van der Waals surface area contributed by atoms with Gasteiger partial charge in [-0.25, -0.2) is 0 Å². The number of hydrogen-bond donors (Lipinski definition) is 1. The molecule has 0 fully saturated rings. The van der Waals surface area contributed by atoms with Gasteiger partial charge in [0.1, 0.15) is 0 Å². The predicted molar refractivity (Wildman–Crippen MR) is 85.2 cm³/mol. The van der Waals surface area contributed by atoms with Crippen LogP contribution in [0.25, 0.3) is 10.7 Å². The zero-order chi connectivity index (χ0) is 18.0. The molecule has 1 N–H and O–H groups in total. The van der Waals surface area contributed by atoms with Crippen LogP contribution >= 0.6 is 22.9 Å². The van der Waals surface area contributed by atoms with Gasteiger partial charge in [0.05, 0.1) is 22.0 Å². The van der Waals surface area contributed by atoms with E-state index >= 15 is 0 Å². The van der Waals surface area contributed by atoms with Crippen molar-refractivity contribution < 1.29 is 22.5 Å². The summed E-state index contributed by atoms with van der Waals surface area (Å²) >= 11 is 7.10. The number of rotatable bonds is 4. The van der Waals surface area contributed by atoms with Gasteiger partial charge in [0.2, 0.25) is 5.82 Å². The maximum absolute atomic E-state index is 12.5. The highest BCUT2D eigenvalue weighted by Gasteiger charge is 2.38. The second kappa shape index (κ2) is 6.85. The van der Waals surface area contributed by atoms with Crippen LogP contribution in [0.2, 0.25) is 5.02 Å². The van der Waals surface area contributed by atoms with Crippen molar-refractivity contribution >= 4 is 28.8 Å². The lowest BCUT2D eigenvalue weighted by Gasteiger charge is -2.05. The van der Waals surface area contributed by atoms with E-state index in [-0.39, 0.29) is 18.3 Å². The Balaban J connectivity index is 1.67. The fraction of sp³-hybridized carbons (Fsp3) is 0.133. The molecule has 0 unspecified atom stereocenters. The summed E-state index contributed by atoms with van der Waals surface area (Å²) in [5.74, 6) is -1.90. The van der Waals surface area contributed by atoms with E-state index < -0.39 is 12.1 Å². The molecule has 0 bridgehead atoms. The lowest BCUT2D eigenvalue weighted by Crippen LogP contribution is -2.22. The predicted octanol–water partition coefficient (Wildman–Crippen LogP) is 4.40. The van der Waals surface area contributed by atoms with E-state index in [1.165, 1.54) is 0 Å². The number of amides is 1. The number of nitrogens with one attached hydrogen (secondary N) is 1.